The smallest absolute Gasteiger partial charge is 0.131 e. The topological polar surface area (TPSA) is 32.3 Å². The van der Waals surface area contributed by atoms with E-state index in [0.717, 1.165) is 9.75 Å². The Labute approximate surface area is 110 Å². The third-order valence-corrected chi connectivity index (χ3v) is 3.66. The monoisotopic (exact) mass is 265 g/mol. The molecule has 2 rings (SSSR count). The van der Waals surface area contributed by atoms with Crippen molar-refractivity contribution in [2.45, 2.75) is 19.6 Å². The second kappa shape index (κ2) is 6.09. The molecular weight excluding hydrogens is 249 g/mol. The summed E-state index contributed by atoms with van der Waals surface area (Å²) in [6.45, 7) is 3.00. The lowest BCUT2D eigenvalue weighted by atomic mass is 10.2. The standard InChI is InChI=1S/C14H16FNOS/c1-10(17)8-16-9-11-6-7-14(18-11)12-4-2-3-5-13(12)15/h2-7,10,16-17H,8-9H2,1H3. The van der Waals surface area contributed by atoms with Crippen molar-refractivity contribution in [2.75, 3.05) is 6.54 Å². The number of nitrogens with one attached hydrogen (secondary N) is 1. The minimum absolute atomic E-state index is 0.192. The van der Waals surface area contributed by atoms with Crippen LogP contribution in [0, 0.1) is 5.82 Å². The van der Waals surface area contributed by atoms with Crippen molar-refractivity contribution in [3.8, 4) is 10.4 Å². The third kappa shape index (κ3) is 3.38. The Bertz CT molecular complexity index is 510. The zero-order chi connectivity index (χ0) is 13.0. The van der Waals surface area contributed by atoms with Crippen LogP contribution in [0.5, 0.6) is 0 Å². The van der Waals surface area contributed by atoms with E-state index in [1.807, 2.05) is 18.2 Å². The van der Waals surface area contributed by atoms with Crippen molar-refractivity contribution in [3.63, 3.8) is 0 Å². The number of hydrogen-bond donors (Lipinski definition) is 2. The number of thiophene rings is 1. The molecule has 1 unspecified atom stereocenters. The Morgan fingerprint density at radius 2 is 2.06 bits per heavy atom. The molecule has 0 radical (unpaired) electrons. The summed E-state index contributed by atoms with van der Waals surface area (Å²) in [7, 11) is 0. The largest absolute Gasteiger partial charge is 0.392 e. The first kappa shape index (κ1) is 13.2. The molecule has 0 aliphatic carbocycles. The molecule has 4 heteroatoms. The zero-order valence-electron chi connectivity index (χ0n) is 10.2. The molecule has 2 N–H and O–H groups in total. The van der Waals surface area contributed by atoms with Crippen molar-refractivity contribution in [3.05, 3.63) is 47.1 Å². The molecule has 1 aromatic heterocycles. The van der Waals surface area contributed by atoms with Gasteiger partial charge in [-0.1, -0.05) is 18.2 Å². The Morgan fingerprint density at radius 1 is 1.28 bits per heavy atom. The average Bonchev–Trinajstić information content (AvgIpc) is 2.78. The van der Waals surface area contributed by atoms with Gasteiger partial charge in [-0.2, -0.15) is 0 Å². The fourth-order valence-electron chi connectivity index (χ4n) is 1.68. The van der Waals surface area contributed by atoms with Gasteiger partial charge in [-0.25, -0.2) is 4.39 Å². The first-order valence-corrected chi connectivity index (χ1v) is 6.71. The summed E-state index contributed by atoms with van der Waals surface area (Å²) in [5.74, 6) is -0.192. The van der Waals surface area contributed by atoms with E-state index in [4.69, 9.17) is 5.11 Å². The highest BCUT2D eigenvalue weighted by Gasteiger charge is 2.07. The van der Waals surface area contributed by atoms with E-state index in [2.05, 4.69) is 5.32 Å². The van der Waals surface area contributed by atoms with Crippen molar-refractivity contribution in [1.29, 1.82) is 0 Å². The van der Waals surface area contributed by atoms with Gasteiger partial charge in [0, 0.05) is 28.4 Å². The summed E-state index contributed by atoms with van der Waals surface area (Å²) >= 11 is 1.57. The minimum atomic E-state index is -0.351. The number of halogens is 1. The van der Waals surface area contributed by atoms with Gasteiger partial charge < -0.3 is 10.4 Å². The van der Waals surface area contributed by atoms with Gasteiger partial charge >= 0.3 is 0 Å². The van der Waals surface area contributed by atoms with Gasteiger partial charge in [0.1, 0.15) is 5.82 Å². The molecule has 1 aromatic carbocycles. The number of hydrogen-bond acceptors (Lipinski definition) is 3. The summed E-state index contributed by atoms with van der Waals surface area (Å²) < 4.78 is 13.6. The Hall–Kier alpha value is -1.23. The second-order valence-electron chi connectivity index (χ2n) is 4.23. The molecule has 0 fully saturated rings. The first-order chi connectivity index (χ1) is 8.66. The average molecular weight is 265 g/mol. The maximum absolute atomic E-state index is 13.6. The third-order valence-electron chi connectivity index (χ3n) is 2.54. The molecule has 18 heavy (non-hydrogen) atoms. The molecule has 0 saturated heterocycles. The number of benzene rings is 1. The minimum Gasteiger partial charge on any atom is -0.392 e. The molecule has 0 aliphatic rings. The van der Waals surface area contributed by atoms with E-state index in [-0.39, 0.29) is 11.9 Å². The van der Waals surface area contributed by atoms with Crippen molar-refractivity contribution >= 4 is 11.3 Å². The van der Waals surface area contributed by atoms with Crippen molar-refractivity contribution in [1.82, 2.24) is 5.32 Å². The van der Waals surface area contributed by atoms with Gasteiger partial charge in [0.15, 0.2) is 0 Å². The molecule has 0 amide bonds. The van der Waals surface area contributed by atoms with Gasteiger partial charge in [-0.3, -0.25) is 0 Å². The van der Waals surface area contributed by atoms with Gasteiger partial charge in [0.05, 0.1) is 6.10 Å². The van der Waals surface area contributed by atoms with Crippen LogP contribution in [0.15, 0.2) is 36.4 Å². The molecule has 2 aromatic rings. The molecule has 96 valence electrons. The SMILES string of the molecule is CC(O)CNCc1ccc(-c2ccccc2F)s1. The van der Waals surface area contributed by atoms with Crippen molar-refractivity contribution in [2.24, 2.45) is 0 Å². The number of rotatable bonds is 5. The van der Waals surface area contributed by atoms with E-state index in [1.165, 1.54) is 6.07 Å². The van der Waals surface area contributed by atoms with E-state index in [0.29, 0.717) is 18.7 Å². The first-order valence-electron chi connectivity index (χ1n) is 5.89. The molecule has 2 nitrogen and oxygen atoms in total. The molecule has 1 atom stereocenters. The highest BCUT2D eigenvalue weighted by atomic mass is 32.1. The molecule has 0 spiro atoms. The zero-order valence-corrected chi connectivity index (χ0v) is 11.0. The summed E-state index contributed by atoms with van der Waals surface area (Å²) in [6, 6.07) is 10.7. The molecule has 0 bridgehead atoms. The van der Waals surface area contributed by atoms with Gasteiger partial charge in [-0.15, -0.1) is 11.3 Å². The predicted octanol–water partition coefficient (Wildman–Crippen LogP) is 3.02. The lowest BCUT2D eigenvalue weighted by Crippen LogP contribution is -2.23. The second-order valence-corrected chi connectivity index (χ2v) is 5.39. The molecular formula is C14H16FNOS. The lowest BCUT2D eigenvalue weighted by molar-refractivity contribution is 0.191. The van der Waals surface area contributed by atoms with Gasteiger partial charge in [0.2, 0.25) is 0 Å². The van der Waals surface area contributed by atoms with Crippen LogP contribution in [0.4, 0.5) is 4.39 Å². The van der Waals surface area contributed by atoms with Crippen LogP contribution in [0.1, 0.15) is 11.8 Å². The summed E-state index contributed by atoms with van der Waals surface area (Å²) in [4.78, 5) is 2.07. The van der Waals surface area contributed by atoms with E-state index in [1.54, 1.807) is 30.4 Å². The maximum atomic E-state index is 13.6. The molecule has 0 aliphatic heterocycles. The summed E-state index contributed by atoms with van der Waals surface area (Å²) in [6.07, 6.45) is -0.351. The normalized spacial score (nSPS) is 12.6. The van der Waals surface area contributed by atoms with Crippen LogP contribution in [0.2, 0.25) is 0 Å². The fraction of sp³-hybridized carbons (Fsp3) is 0.286. The number of aliphatic hydroxyl groups is 1. The molecule has 0 saturated carbocycles. The van der Waals surface area contributed by atoms with Crippen LogP contribution in [0.3, 0.4) is 0 Å². The Morgan fingerprint density at radius 3 is 2.78 bits per heavy atom. The van der Waals surface area contributed by atoms with Crippen LogP contribution < -0.4 is 5.32 Å². The lowest BCUT2D eigenvalue weighted by Gasteiger charge is -2.04. The highest BCUT2D eigenvalue weighted by molar-refractivity contribution is 7.15. The quantitative estimate of drug-likeness (QED) is 0.871. The maximum Gasteiger partial charge on any atom is 0.131 e. The number of aliphatic hydroxyl groups excluding tert-OH is 1. The van der Waals surface area contributed by atoms with Crippen LogP contribution in [-0.4, -0.2) is 17.8 Å². The van der Waals surface area contributed by atoms with E-state index >= 15 is 0 Å². The van der Waals surface area contributed by atoms with E-state index in [9.17, 15) is 4.39 Å². The van der Waals surface area contributed by atoms with Gasteiger partial charge in [0.25, 0.3) is 0 Å². The van der Waals surface area contributed by atoms with E-state index < -0.39 is 0 Å². The van der Waals surface area contributed by atoms with Crippen LogP contribution in [-0.2, 0) is 6.54 Å². The van der Waals surface area contributed by atoms with Crippen LogP contribution in [0.25, 0.3) is 10.4 Å². The Kier molecular flexibility index (Phi) is 4.47. The summed E-state index contributed by atoms with van der Waals surface area (Å²) in [5, 5.41) is 12.3. The molecule has 1 heterocycles. The highest BCUT2D eigenvalue weighted by Crippen LogP contribution is 2.29. The van der Waals surface area contributed by atoms with Gasteiger partial charge in [-0.05, 0) is 25.1 Å². The fourth-order valence-corrected chi connectivity index (χ4v) is 2.69. The van der Waals surface area contributed by atoms with Crippen LogP contribution >= 0.6 is 11.3 Å². The Balaban J connectivity index is 2.04. The predicted molar refractivity (Wildman–Crippen MR) is 73.1 cm³/mol. The van der Waals surface area contributed by atoms with Crippen molar-refractivity contribution < 1.29 is 9.50 Å². The summed E-state index contributed by atoms with van der Waals surface area (Å²) in [5.41, 5.74) is 0.643.